The van der Waals surface area contributed by atoms with Crippen LogP contribution in [0.2, 0.25) is 0 Å². The summed E-state index contributed by atoms with van der Waals surface area (Å²) in [5.41, 5.74) is 3.35. The van der Waals surface area contributed by atoms with E-state index in [4.69, 9.17) is 4.74 Å². The van der Waals surface area contributed by atoms with Crippen molar-refractivity contribution in [1.29, 1.82) is 0 Å². The molecule has 3 rings (SSSR count). The highest BCUT2D eigenvalue weighted by atomic mass is 16.6. The van der Waals surface area contributed by atoms with E-state index in [-0.39, 0.29) is 5.60 Å². The molecule has 0 aromatic rings. The average molecular weight is 234 g/mol. The molecule has 94 valence electrons. The molecular weight excluding hydrogens is 212 g/mol. The standard InChI is InChI=1S/C15H22O2/c1-9(2)13-8-14-11(4)5-6-12(14)10(3)7-15(13,16)17-14/h11-12,16H,3,5-8H2,1-2,4H3/t11-,12-,14+,15-/m0/s1. The first-order valence-corrected chi connectivity index (χ1v) is 6.66. The van der Waals surface area contributed by atoms with E-state index in [9.17, 15) is 5.11 Å². The van der Waals surface area contributed by atoms with Crippen LogP contribution in [-0.4, -0.2) is 16.5 Å². The Kier molecular flexibility index (Phi) is 2.19. The molecule has 0 radical (unpaired) electrons. The molecule has 17 heavy (non-hydrogen) atoms. The van der Waals surface area contributed by atoms with Gasteiger partial charge in [-0.05, 0) is 38.2 Å². The minimum Gasteiger partial charge on any atom is -0.362 e. The van der Waals surface area contributed by atoms with Crippen LogP contribution in [0, 0.1) is 11.8 Å². The monoisotopic (exact) mass is 234 g/mol. The Hall–Kier alpha value is -0.600. The third-order valence-corrected chi connectivity index (χ3v) is 5.16. The van der Waals surface area contributed by atoms with Crippen LogP contribution in [-0.2, 0) is 4.74 Å². The Labute approximate surface area is 103 Å². The maximum Gasteiger partial charge on any atom is 0.193 e. The number of aliphatic hydroxyl groups is 1. The van der Waals surface area contributed by atoms with E-state index in [1.807, 2.05) is 0 Å². The summed E-state index contributed by atoms with van der Waals surface area (Å²) in [5.74, 6) is -0.0760. The van der Waals surface area contributed by atoms with Gasteiger partial charge in [-0.3, -0.25) is 0 Å². The molecule has 2 aliphatic heterocycles. The molecule has 2 nitrogen and oxygen atoms in total. The molecule has 0 aromatic heterocycles. The van der Waals surface area contributed by atoms with Crippen LogP contribution < -0.4 is 0 Å². The summed E-state index contributed by atoms with van der Waals surface area (Å²) < 4.78 is 6.19. The first-order valence-electron chi connectivity index (χ1n) is 6.66. The molecule has 1 aliphatic carbocycles. The highest BCUT2D eigenvalue weighted by Gasteiger charge is 2.64. The van der Waals surface area contributed by atoms with Gasteiger partial charge in [0.2, 0.25) is 0 Å². The Morgan fingerprint density at radius 3 is 2.71 bits per heavy atom. The molecular formula is C15H22O2. The number of fused-ring (bicyclic) bond motifs is 1. The van der Waals surface area contributed by atoms with E-state index >= 15 is 0 Å². The van der Waals surface area contributed by atoms with E-state index < -0.39 is 5.79 Å². The predicted molar refractivity (Wildman–Crippen MR) is 67.4 cm³/mol. The number of hydrogen-bond acceptors (Lipinski definition) is 2. The van der Waals surface area contributed by atoms with Crippen LogP contribution in [0.5, 0.6) is 0 Å². The summed E-state index contributed by atoms with van der Waals surface area (Å²) >= 11 is 0. The van der Waals surface area contributed by atoms with Gasteiger partial charge in [0, 0.05) is 18.8 Å². The molecule has 2 bridgehead atoms. The zero-order valence-corrected chi connectivity index (χ0v) is 11.0. The number of hydrogen-bond donors (Lipinski definition) is 1. The lowest BCUT2D eigenvalue weighted by Gasteiger charge is -2.42. The van der Waals surface area contributed by atoms with Crippen molar-refractivity contribution in [3.05, 3.63) is 23.3 Å². The molecule has 2 heteroatoms. The van der Waals surface area contributed by atoms with Crippen LogP contribution in [0.1, 0.15) is 46.5 Å². The zero-order valence-electron chi connectivity index (χ0n) is 11.0. The second-order valence-corrected chi connectivity index (χ2v) is 6.36. The van der Waals surface area contributed by atoms with Gasteiger partial charge < -0.3 is 9.84 Å². The predicted octanol–water partition coefficient (Wildman–Crippen LogP) is 3.18. The number of allylic oxidation sites excluding steroid dienone is 1. The van der Waals surface area contributed by atoms with Crippen molar-refractivity contribution >= 4 is 0 Å². The highest BCUT2D eigenvalue weighted by Crippen LogP contribution is 2.62. The van der Waals surface area contributed by atoms with E-state index in [1.165, 1.54) is 24.0 Å². The van der Waals surface area contributed by atoms with E-state index in [0.717, 1.165) is 12.0 Å². The highest BCUT2D eigenvalue weighted by molar-refractivity contribution is 5.36. The Morgan fingerprint density at radius 1 is 1.35 bits per heavy atom. The lowest BCUT2D eigenvalue weighted by atomic mass is 9.78. The smallest absolute Gasteiger partial charge is 0.193 e. The Balaban J connectivity index is 2.14. The van der Waals surface area contributed by atoms with Crippen molar-refractivity contribution in [3.8, 4) is 0 Å². The van der Waals surface area contributed by atoms with E-state index in [1.54, 1.807) is 0 Å². The summed E-state index contributed by atoms with van der Waals surface area (Å²) in [5, 5.41) is 10.7. The molecule has 3 aliphatic rings. The van der Waals surface area contributed by atoms with E-state index in [2.05, 4.69) is 27.4 Å². The fourth-order valence-corrected chi connectivity index (χ4v) is 4.24. The van der Waals surface area contributed by atoms with Crippen LogP contribution in [0.25, 0.3) is 0 Å². The van der Waals surface area contributed by atoms with Gasteiger partial charge in [-0.15, -0.1) is 0 Å². The third kappa shape index (κ3) is 1.28. The zero-order chi connectivity index (χ0) is 12.4. The van der Waals surface area contributed by atoms with Gasteiger partial charge in [0.05, 0.1) is 5.60 Å². The first kappa shape index (κ1) is 11.5. The fraction of sp³-hybridized carbons (Fsp3) is 0.733. The van der Waals surface area contributed by atoms with Gasteiger partial charge in [-0.25, -0.2) is 0 Å². The van der Waals surface area contributed by atoms with Crippen molar-refractivity contribution in [2.75, 3.05) is 0 Å². The van der Waals surface area contributed by atoms with Crippen LogP contribution in [0.3, 0.4) is 0 Å². The molecule has 1 saturated carbocycles. The van der Waals surface area contributed by atoms with Gasteiger partial charge in [0.15, 0.2) is 5.79 Å². The summed E-state index contributed by atoms with van der Waals surface area (Å²) in [7, 11) is 0. The molecule has 0 amide bonds. The minimum atomic E-state index is -1.05. The second kappa shape index (κ2) is 3.24. The molecule has 2 heterocycles. The molecule has 1 N–H and O–H groups in total. The Bertz CT molecular complexity index is 419. The molecule has 4 atom stereocenters. The van der Waals surface area contributed by atoms with Gasteiger partial charge in [0.1, 0.15) is 0 Å². The SMILES string of the molecule is C=C1C[C@]2(O)O[C@]3(CC2=C(C)C)[C@@H](C)CC[C@@H]13. The van der Waals surface area contributed by atoms with Crippen molar-refractivity contribution in [3.63, 3.8) is 0 Å². The van der Waals surface area contributed by atoms with Crippen LogP contribution in [0.15, 0.2) is 23.3 Å². The number of ether oxygens (including phenoxy) is 1. The van der Waals surface area contributed by atoms with Gasteiger partial charge in [-0.1, -0.05) is 24.6 Å². The lowest BCUT2D eigenvalue weighted by molar-refractivity contribution is -0.242. The second-order valence-electron chi connectivity index (χ2n) is 6.36. The third-order valence-electron chi connectivity index (χ3n) is 5.16. The minimum absolute atomic E-state index is 0.156. The normalized spacial score (nSPS) is 48.5. The summed E-state index contributed by atoms with van der Waals surface area (Å²) in [4.78, 5) is 0. The van der Waals surface area contributed by atoms with Crippen molar-refractivity contribution in [2.24, 2.45) is 11.8 Å². The summed E-state index contributed by atoms with van der Waals surface area (Å²) in [6.45, 7) is 10.6. The molecule has 3 fully saturated rings. The Morgan fingerprint density at radius 2 is 2.06 bits per heavy atom. The molecule has 0 aromatic carbocycles. The largest absolute Gasteiger partial charge is 0.362 e. The quantitative estimate of drug-likeness (QED) is 0.652. The van der Waals surface area contributed by atoms with Gasteiger partial charge >= 0.3 is 0 Å². The molecule has 0 unspecified atom stereocenters. The maximum absolute atomic E-state index is 10.7. The van der Waals surface area contributed by atoms with Crippen LogP contribution in [0.4, 0.5) is 0 Å². The van der Waals surface area contributed by atoms with Crippen molar-refractivity contribution < 1.29 is 9.84 Å². The van der Waals surface area contributed by atoms with E-state index in [0.29, 0.717) is 18.3 Å². The first-order chi connectivity index (χ1) is 7.89. The topological polar surface area (TPSA) is 29.5 Å². The van der Waals surface area contributed by atoms with Gasteiger partial charge in [0.25, 0.3) is 0 Å². The fourth-order valence-electron chi connectivity index (χ4n) is 4.24. The summed E-state index contributed by atoms with van der Waals surface area (Å²) in [6, 6.07) is 0. The van der Waals surface area contributed by atoms with Crippen molar-refractivity contribution in [2.45, 2.75) is 57.8 Å². The molecule has 1 spiro atoms. The van der Waals surface area contributed by atoms with Crippen LogP contribution >= 0.6 is 0 Å². The maximum atomic E-state index is 10.7. The average Bonchev–Trinajstić information content (AvgIpc) is 2.65. The number of rotatable bonds is 0. The summed E-state index contributed by atoms with van der Waals surface area (Å²) in [6.07, 6.45) is 3.85. The van der Waals surface area contributed by atoms with Gasteiger partial charge in [-0.2, -0.15) is 0 Å². The molecule has 2 saturated heterocycles. The lowest BCUT2D eigenvalue weighted by Crippen LogP contribution is -2.47. The van der Waals surface area contributed by atoms with Crippen molar-refractivity contribution in [1.82, 2.24) is 0 Å².